The molecule has 0 saturated carbocycles. The van der Waals surface area contributed by atoms with E-state index in [4.69, 9.17) is 4.98 Å². The topological polar surface area (TPSA) is 36.4 Å². The molecule has 0 unspecified atom stereocenters. The maximum atomic E-state index is 9.17. The Labute approximate surface area is 152 Å². The van der Waals surface area contributed by atoms with E-state index < -0.39 is 0 Å². The molecular formula is C21H22N2OS. The highest BCUT2D eigenvalue weighted by molar-refractivity contribution is 7.15. The molecule has 1 aliphatic rings. The lowest BCUT2D eigenvalue weighted by Crippen LogP contribution is -2.32. The van der Waals surface area contributed by atoms with E-state index in [1.54, 1.807) is 11.3 Å². The van der Waals surface area contributed by atoms with Crippen molar-refractivity contribution in [2.75, 3.05) is 19.7 Å². The van der Waals surface area contributed by atoms with Crippen LogP contribution >= 0.6 is 11.3 Å². The lowest BCUT2D eigenvalue weighted by molar-refractivity contribution is 0.185. The van der Waals surface area contributed by atoms with Crippen LogP contribution < -0.4 is 0 Å². The van der Waals surface area contributed by atoms with Gasteiger partial charge in [-0.15, -0.1) is 11.3 Å². The molecule has 2 heterocycles. The summed E-state index contributed by atoms with van der Waals surface area (Å²) in [6, 6.07) is 17.0. The number of benzene rings is 2. The smallest absolute Gasteiger partial charge is 0.124 e. The molecule has 0 radical (unpaired) electrons. The summed E-state index contributed by atoms with van der Waals surface area (Å²) in [6.45, 7) is 5.05. The van der Waals surface area contributed by atoms with Gasteiger partial charge in [-0.2, -0.15) is 0 Å². The number of β-amino-alcohol motifs (C(OH)–C–C–N with tert-alkyl or cyclic N) is 1. The van der Waals surface area contributed by atoms with Crippen molar-refractivity contribution in [1.29, 1.82) is 0 Å². The van der Waals surface area contributed by atoms with Crippen LogP contribution in [-0.4, -0.2) is 34.7 Å². The molecule has 1 N–H and O–H groups in total. The number of rotatable bonds is 4. The second-order valence-corrected chi connectivity index (χ2v) is 7.57. The monoisotopic (exact) mass is 350 g/mol. The van der Waals surface area contributed by atoms with Crippen LogP contribution in [-0.2, 0) is 13.0 Å². The van der Waals surface area contributed by atoms with E-state index in [0.29, 0.717) is 0 Å². The van der Waals surface area contributed by atoms with Crippen molar-refractivity contribution >= 4 is 11.3 Å². The Balaban J connectivity index is 1.70. The van der Waals surface area contributed by atoms with Crippen molar-refractivity contribution in [3.05, 3.63) is 64.7 Å². The van der Waals surface area contributed by atoms with Crippen molar-refractivity contribution in [2.45, 2.75) is 19.9 Å². The van der Waals surface area contributed by atoms with E-state index in [-0.39, 0.29) is 6.61 Å². The van der Waals surface area contributed by atoms with Crippen LogP contribution in [0.3, 0.4) is 0 Å². The first-order valence-corrected chi connectivity index (χ1v) is 9.55. The quantitative estimate of drug-likeness (QED) is 0.768. The van der Waals surface area contributed by atoms with Crippen molar-refractivity contribution < 1.29 is 5.11 Å². The van der Waals surface area contributed by atoms with Gasteiger partial charge in [0.2, 0.25) is 0 Å². The molecule has 1 aliphatic heterocycles. The predicted molar refractivity (Wildman–Crippen MR) is 104 cm³/mol. The Hall–Kier alpha value is -2.01. The second-order valence-electron chi connectivity index (χ2n) is 6.48. The molecular weight excluding hydrogens is 328 g/mol. The molecule has 3 aromatic rings. The minimum atomic E-state index is 0.221. The van der Waals surface area contributed by atoms with Crippen molar-refractivity contribution in [1.82, 2.24) is 9.88 Å². The fourth-order valence-electron chi connectivity index (χ4n) is 3.49. The summed E-state index contributed by atoms with van der Waals surface area (Å²) in [7, 11) is 0. The van der Waals surface area contributed by atoms with Gasteiger partial charge in [-0.3, -0.25) is 4.90 Å². The Morgan fingerprint density at radius 1 is 1.08 bits per heavy atom. The maximum Gasteiger partial charge on any atom is 0.124 e. The zero-order chi connectivity index (χ0) is 17.2. The second kappa shape index (κ2) is 7.08. The van der Waals surface area contributed by atoms with Crippen LogP contribution in [0.15, 0.2) is 48.5 Å². The average molecular weight is 350 g/mol. The van der Waals surface area contributed by atoms with Gasteiger partial charge in [-0.25, -0.2) is 4.98 Å². The first-order chi connectivity index (χ1) is 12.3. The number of nitrogens with zero attached hydrogens (tertiary/aromatic N) is 2. The molecule has 0 fully saturated rings. The lowest BCUT2D eigenvalue weighted by atomic mass is 9.97. The third-order valence-corrected chi connectivity index (χ3v) is 5.99. The van der Waals surface area contributed by atoms with Gasteiger partial charge in [0.15, 0.2) is 0 Å². The van der Waals surface area contributed by atoms with Gasteiger partial charge in [-0.1, -0.05) is 48.5 Å². The predicted octanol–water partition coefficient (Wildman–Crippen LogP) is 4.14. The summed E-state index contributed by atoms with van der Waals surface area (Å²) < 4.78 is 0. The highest BCUT2D eigenvalue weighted by Crippen LogP contribution is 2.36. The molecule has 25 heavy (non-hydrogen) atoms. The first-order valence-electron chi connectivity index (χ1n) is 8.73. The first kappa shape index (κ1) is 16.5. The number of thiazole rings is 1. The highest BCUT2D eigenvalue weighted by Gasteiger charge is 2.21. The van der Waals surface area contributed by atoms with E-state index in [2.05, 4.69) is 60.4 Å². The summed E-state index contributed by atoms with van der Waals surface area (Å²) in [5.41, 5.74) is 6.27. The van der Waals surface area contributed by atoms with Crippen molar-refractivity contribution in [2.24, 2.45) is 0 Å². The third-order valence-electron chi connectivity index (χ3n) is 4.88. The van der Waals surface area contributed by atoms with E-state index in [9.17, 15) is 5.11 Å². The van der Waals surface area contributed by atoms with Crippen molar-refractivity contribution in [3.8, 4) is 21.7 Å². The third kappa shape index (κ3) is 3.25. The Morgan fingerprint density at radius 2 is 1.88 bits per heavy atom. The van der Waals surface area contributed by atoms with Crippen molar-refractivity contribution in [3.63, 3.8) is 0 Å². The fourth-order valence-corrected chi connectivity index (χ4v) is 4.73. The number of aliphatic hydroxyl groups excluding tert-OH is 1. The molecule has 0 saturated heterocycles. The largest absolute Gasteiger partial charge is 0.395 e. The molecule has 3 nitrogen and oxygen atoms in total. The number of aromatic nitrogens is 1. The zero-order valence-corrected chi connectivity index (χ0v) is 15.2. The summed E-state index contributed by atoms with van der Waals surface area (Å²) in [5, 5.41) is 10.3. The molecule has 0 bridgehead atoms. The van der Waals surface area contributed by atoms with Gasteiger partial charge in [0, 0.05) is 36.5 Å². The van der Waals surface area contributed by atoms with Crippen LogP contribution in [0.4, 0.5) is 0 Å². The molecule has 128 valence electrons. The van der Waals surface area contributed by atoms with Crippen LogP contribution in [0.2, 0.25) is 0 Å². The standard InChI is InChI=1S/C21H22N2OS/c1-15-17(16-6-3-2-4-7-16)8-5-9-18(15)21-22-19-10-11-23(12-13-24)14-20(19)25-21/h2-9,24H,10-14H2,1H3. The molecule has 4 rings (SSSR count). The number of hydrogen-bond acceptors (Lipinski definition) is 4. The Bertz CT molecular complexity index is 873. The van der Waals surface area contributed by atoms with Gasteiger partial charge in [-0.05, 0) is 23.6 Å². The van der Waals surface area contributed by atoms with Gasteiger partial charge >= 0.3 is 0 Å². The van der Waals surface area contributed by atoms with Gasteiger partial charge in [0.25, 0.3) is 0 Å². The van der Waals surface area contributed by atoms with E-state index >= 15 is 0 Å². The number of hydrogen-bond donors (Lipinski definition) is 1. The Kier molecular flexibility index (Phi) is 4.66. The number of fused-ring (bicyclic) bond motifs is 1. The van der Waals surface area contributed by atoms with Gasteiger partial charge in [0.1, 0.15) is 5.01 Å². The summed E-state index contributed by atoms with van der Waals surface area (Å²) in [6.07, 6.45) is 0.975. The van der Waals surface area contributed by atoms with Crippen LogP contribution in [0.5, 0.6) is 0 Å². The lowest BCUT2D eigenvalue weighted by Gasteiger charge is -2.24. The number of aliphatic hydroxyl groups is 1. The van der Waals surface area contributed by atoms with Crippen LogP contribution in [0.25, 0.3) is 21.7 Å². The van der Waals surface area contributed by atoms with Crippen LogP contribution in [0.1, 0.15) is 16.1 Å². The van der Waals surface area contributed by atoms with Gasteiger partial charge in [0.05, 0.1) is 12.3 Å². The molecule has 4 heteroatoms. The highest BCUT2D eigenvalue weighted by atomic mass is 32.1. The van der Waals surface area contributed by atoms with E-state index in [1.165, 1.54) is 32.8 Å². The summed E-state index contributed by atoms with van der Waals surface area (Å²) in [4.78, 5) is 8.59. The summed E-state index contributed by atoms with van der Waals surface area (Å²) >= 11 is 1.80. The summed E-state index contributed by atoms with van der Waals surface area (Å²) in [5.74, 6) is 0. The molecule has 0 amide bonds. The molecule has 0 aliphatic carbocycles. The maximum absolute atomic E-state index is 9.17. The average Bonchev–Trinajstić information content (AvgIpc) is 3.06. The zero-order valence-electron chi connectivity index (χ0n) is 14.4. The molecule has 0 atom stereocenters. The fraction of sp³-hybridized carbons (Fsp3) is 0.286. The van der Waals surface area contributed by atoms with Crippen LogP contribution in [0, 0.1) is 6.92 Å². The Morgan fingerprint density at radius 3 is 2.68 bits per heavy atom. The SMILES string of the molecule is Cc1c(-c2ccccc2)cccc1-c1nc2c(s1)CN(CCO)CC2. The molecule has 1 aromatic heterocycles. The van der Waals surface area contributed by atoms with Gasteiger partial charge < -0.3 is 5.11 Å². The minimum absolute atomic E-state index is 0.221. The normalized spacial score (nSPS) is 14.5. The minimum Gasteiger partial charge on any atom is -0.395 e. The van der Waals surface area contributed by atoms with E-state index in [1.807, 2.05) is 0 Å². The molecule has 2 aromatic carbocycles. The van der Waals surface area contributed by atoms with E-state index in [0.717, 1.165) is 31.1 Å². The molecule has 0 spiro atoms.